The van der Waals surface area contributed by atoms with Gasteiger partial charge in [-0.3, -0.25) is 4.98 Å². The van der Waals surface area contributed by atoms with Gasteiger partial charge in [-0.05, 0) is 29.8 Å². The molecule has 0 aliphatic rings. The van der Waals surface area contributed by atoms with Gasteiger partial charge in [-0.2, -0.15) is 0 Å². The van der Waals surface area contributed by atoms with Gasteiger partial charge < -0.3 is 5.32 Å². The van der Waals surface area contributed by atoms with Crippen molar-refractivity contribution in [1.29, 1.82) is 0 Å². The van der Waals surface area contributed by atoms with Crippen molar-refractivity contribution in [2.24, 2.45) is 0 Å². The molecule has 0 radical (unpaired) electrons. The lowest BCUT2D eigenvalue weighted by molar-refractivity contribution is 0.630. The summed E-state index contributed by atoms with van der Waals surface area (Å²) in [6.45, 7) is 3.07. The summed E-state index contributed by atoms with van der Waals surface area (Å²) < 4.78 is 0. The Kier molecular flexibility index (Phi) is 3.67. The second-order valence-corrected chi connectivity index (χ2v) is 3.68. The smallest absolute Gasteiger partial charge is 0.0577 e. The fraction of sp³-hybridized carbons (Fsp3) is 0.214. The Labute approximate surface area is 96.4 Å². The third-order valence-electron chi connectivity index (χ3n) is 2.58. The lowest BCUT2D eigenvalue weighted by Crippen LogP contribution is -2.21. The molecule has 0 amide bonds. The maximum Gasteiger partial charge on any atom is 0.0577 e. The summed E-state index contributed by atoms with van der Waals surface area (Å²) in [7, 11) is 0. The number of benzene rings is 1. The van der Waals surface area contributed by atoms with Crippen LogP contribution in [0.3, 0.4) is 0 Å². The highest BCUT2D eigenvalue weighted by molar-refractivity contribution is 5.30. The van der Waals surface area contributed by atoms with Crippen LogP contribution in [0.15, 0.2) is 54.9 Å². The second kappa shape index (κ2) is 5.42. The second-order valence-electron chi connectivity index (χ2n) is 3.68. The van der Waals surface area contributed by atoms with Crippen molar-refractivity contribution >= 4 is 0 Å². The van der Waals surface area contributed by atoms with Crippen LogP contribution in [0, 0.1) is 0 Å². The standard InChI is InChI=1S/C14H16N2/c1-2-16-14(12-6-4-3-5-7-12)13-8-10-15-11-9-13/h3-11,14,16H,2H2,1H3. The highest BCUT2D eigenvalue weighted by Gasteiger charge is 2.11. The van der Waals surface area contributed by atoms with E-state index in [0.29, 0.717) is 0 Å². The first-order valence-electron chi connectivity index (χ1n) is 5.60. The Balaban J connectivity index is 2.31. The van der Waals surface area contributed by atoms with Crippen molar-refractivity contribution in [3.05, 3.63) is 66.0 Å². The molecular formula is C14H16N2. The normalized spacial score (nSPS) is 12.3. The first kappa shape index (κ1) is 10.8. The molecular weight excluding hydrogens is 196 g/mol. The highest BCUT2D eigenvalue weighted by Crippen LogP contribution is 2.20. The highest BCUT2D eigenvalue weighted by atomic mass is 14.9. The lowest BCUT2D eigenvalue weighted by Gasteiger charge is -2.18. The summed E-state index contributed by atoms with van der Waals surface area (Å²) in [5.74, 6) is 0. The minimum Gasteiger partial charge on any atom is -0.307 e. The molecule has 1 aromatic carbocycles. The van der Waals surface area contributed by atoms with E-state index in [9.17, 15) is 0 Å². The third kappa shape index (κ3) is 2.47. The molecule has 16 heavy (non-hydrogen) atoms. The molecule has 2 aromatic rings. The van der Waals surface area contributed by atoms with Crippen LogP contribution in [-0.4, -0.2) is 11.5 Å². The molecule has 0 bridgehead atoms. The molecule has 2 nitrogen and oxygen atoms in total. The van der Waals surface area contributed by atoms with Crippen molar-refractivity contribution in [2.45, 2.75) is 13.0 Å². The fourth-order valence-corrected chi connectivity index (χ4v) is 1.83. The maximum atomic E-state index is 4.05. The Morgan fingerprint density at radius 1 is 1.00 bits per heavy atom. The topological polar surface area (TPSA) is 24.9 Å². The summed E-state index contributed by atoms with van der Waals surface area (Å²) in [4.78, 5) is 4.05. The minimum absolute atomic E-state index is 0.259. The summed E-state index contributed by atoms with van der Waals surface area (Å²) in [6, 6.07) is 14.8. The monoisotopic (exact) mass is 212 g/mol. The van der Waals surface area contributed by atoms with Gasteiger partial charge in [-0.25, -0.2) is 0 Å². The molecule has 0 saturated heterocycles. The van der Waals surface area contributed by atoms with Gasteiger partial charge in [-0.15, -0.1) is 0 Å². The zero-order valence-corrected chi connectivity index (χ0v) is 9.43. The van der Waals surface area contributed by atoms with Crippen LogP contribution in [-0.2, 0) is 0 Å². The Hall–Kier alpha value is -1.67. The molecule has 1 aromatic heterocycles. The molecule has 2 heteroatoms. The fourth-order valence-electron chi connectivity index (χ4n) is 1.83. The zero-order valence-electron chi connectivity index (χ0n) is 9.43. The zero-order chi connectivity index (χ0) is 11.2. The summed E-state index contributed by atoms with van der Waals surface area (Å²) in [5.41, 5.74) is 2.54. The molecule has 1 unspecified atom stereocenters. The van der Waals surface area contributed by atoms with Gasteiger partial charge in [0.05, 0.1) is 6.04 Å². The van der Waals surface area contributed by atoms with E-state index < -0.39 is 0 Å². The Morgan fingerprint density at radius 2 is 1.62 bits per heavy atom. The van der Waals surface area contributed by atoms with Crippen molar-refractivity contribution in [2.75, 3.05) is 6.54 Å². The van der Waals surface area contributed by atoms with Gasteiger partial charge in [0.25, 0.3) is 0 Å². The van der Waals surface area contributed by atoms with Crippen LogP contribution in [0.1, 0.15) is 24.1 Å². The van der Waals surface area contributed by atoms with E-state index in [4.69, 9.17) is 0 Å². The van der Waals surface area contributed by atoms with Crippen LogP contribution < -0.4 is 5.32 Å². The van der Waals surface area contributed by atoms with Crippen LogP contribution in [0.25, 0.3) is 0 Å². The molecule has 1 atom stereocenters. The maximum absolute atomic E-state index is 4.05. The molecule has 0 saturated carbocycles. The van der Waals surface area contributed by atoms with Crippen molar-refractivity contribution in [1.82, 2.24) is 10.3 Å². The number of nitrogens with zero attached hydrogens (tertiary/aromatic N) is 1. The molecule has 0 aliphatic heterocycles. The predicted octanol–water partition coefficient (Wildman–Crippen LogP) is 2.78. The van der Waals surface area contributed by atoms with Gasteiger partial charge >= 0.3 is 0 Å². The van der Waals surface area contributed by atoms with Gasteiger partial charge in [0.2, 0.25) is 0 Å². The van der Waals surface area contributed by atoms with E-state index in [2.05, 4.69) is 53.6 Å². The van der Waals surface area contributed by atoms with Crippen LogP contribution in [0.2, 0.25) is 0 Å². The van der Waals surface area contributed by atoms with E-state index in [0.717, 1.165) is 6.54 Å². The molecule has 1 N–H and O–H groups in total. The molecule has 1 heterocycles. The third-order valence-corrected chi connectivity index (χ3v) is 2.58. The Bertz CT molecular complexity index is 372. The minimum atomic E-state index is 0.259. The predicted molar refractivity (Wildman–Crippen MR) is 66.2 cm³/mol. The Morgan fingerprint density at radius 3 is 2.25 bits per heavy atom. The number of hydrogen-bond donors (Lipinski definition) is 1. The number of pyridine rings is 1. The van der Waals surface area contributed by atoms with E-state index in [-0.39, 0.29) is 6.04 Å². The number of rotatable bonds is 4. The number of hydrogen-bond acceptors (Lipinski definition) is 2. The first-order valence-corrected chi connectivity index (χ1v) is 5.60. The summed E-state index contributed by atoms with van der Waals surface area (Å²) >= 11 is 0. The molecule has 82 valence electrons. The molecule has 2 rings (SSSR count). The van der Waals surface area contributed by atoms with Gasteiger partial charge in [-0.1, -0.05) is 37.3 Å². The number of nitrogens with one attached hydrogen (secondary N) is 1. The van der Waals surface area contributed by atoms with E-state index >= 15 is 0 Å². The van der Waals surface area contributed by atoms with E-state index in [1.165, 1.54) is 11.1 Å². The van der Waals surface area contributed by atoms with Crippen molar-refractivity contribution in [3.63, 3.8) is 0 Å². The summed E-state index contributed by atoms with van der Waals surface area (Å²) in [5, 5.41) is 3.49. The average molecular weight is 212 g/mol. The molecule has 0 fully saturated rings. The SMILES string of the molecule is CCNC(c1ccccc1)c1ccncc1. The quantitative estimate of drug-likeness (QED) is 0.843. The van der Waals surface area contributed by atoms with E-state index in [1.807, 2.05) is 18.5 Å². The van der Waals surface area contributed by atoms with Gasteiger partial charge in [0.15, 0.2) is 0 Å². The van der Waals surface area contributed by atoms with Crippen LogP contribution >= 0.6 is 0 Å². The average Bonchev–Trinajstić information content (AvgIpc) is 2.38. The summed E-state index contributed by atoms with van der Waals surface area (Å²) in [6.07, 6.45) is 3.67. The lowest BCUT2D eigenvalue weighted by atomic mass is 10.00. The first-order chi connectivity index (χ1) is 7.92. The van der Waals surface area contributed by atoms with Crippen molar-refractivity contribution < 1.29 is 0 Å². The number of aromatic nitrogens is 1. The molecule has 0 spiro atoms. The van der Waals surface area contributed by atoms with Crippen LogP contribution in [0.5, 0.6) is 0 Å². The van der Waals surface area contributed by atoms with Gasteiger partial charge in [0, 0.05) is 12.4 Å². The molecule has 0 aliphatic carbocycles. The van der Waals surface area contributed by atoms with Crippen molar-refractivity contribution in [3.8, 4) is 0 Å². The van der Waals surface area contributed by atoms with Gasteiger partial charge in [0.1, 0.15) is 0 Å². The van der Waals surface area contributed by atoms with Crippen LogP contribution in [0.4, 0.5) is 0 Å². The largest absolute Gasteiger partial charge is 0.307 e. The van der Waals surface area contributed by atoms with E-state index in [1.54, 1.807) is 0 Å².